The van der Waals surface area contributed by atoms with Crippen molar-refractivity contribution in [3.8, 4) is 17.2 Å². The van der Waals surface area contributed by atoms with Crippen LogP contribution in [0, 0.1) is 0 Å². The van der Waals surface area contributed by atoms with Crippen molar-refractivity contribution in [2.75, 3.05) is 31.1 Å². The lowest BCUT2D eigenvalue weighted by atomic mass is 10.2. The summed E-state index contributed by atoms with van der Waals surface area (Å²) in [6, 6.07) is 14.2. The predicted molar refractivity (Wildman–Crippen MR) is 115 cm³/mol. The third-order valence-corrected chi connectivity index (χ3v) is 4.60. The van der Waals surface area contributed by atoms with Gasteiger partial charge in [0.25, 0.3) is 11.5 Å². The highest BCUT2D eigenvalue weighted by Crippen LogP contribution is 2.21. The molecule has 0 aliphatic heterocycles. The summed E-state index contributed by atoms with van der Waals surface area (Å²) in [6.45, 7) is 6.39. The summed E-state index contributed by atoms with van der Waals surface area (Å²) >= 11 is 0. The van der Waals surface area contributed by atoms with E-state index in [0.717, 1.165) is 18.8 Å². The maximum absolute atomic E-state index is 12.1. The number of nitrogens with one attached hydrogen (secondary N) is 1. The van der Waals surface area contributed by atoms with Crippen molar-refractivity contribution in [1.29, 1.82) is 0 Å². The molecule has 2 heterocycles. The molecule has 0 aliphatic carbocycles. The molecule has 8 heteroatoms. The minimum Gasteiger partial charge on any atom is -0.484 e. The molecule has 0 atom stereocenters. The van der Waals surface area contributed by atoms with Gasteiger partial charge in [-0.1, -0.05) is 6.07 Å². The van der Waals surface area contributed by atoms with Crippen LogP contribution in [0.3, 0.4) is 0 Å². The lowest BCUT2D eigenvalue weighted by molar-refractivity contribution is -0.123. The Balaban J connectivity index is 1.49. The van der Waals surface area contributed by atoms with Gasteiger partial charge in [-0.05, 0) is 44.2 Å². The van der Waals surface area contributed by atoms with Crippen LogP contribution in [-0.4, -0.2) is 41.9 Å². The Hall–Kier alpha value is -3.55. The third-order valence-electron chi connectivity index (χ3n) is 4.60. The fourth-order valence-electron chi connectivity index (χ4n) is 3.02. The van der Waals surface area contributed by atoms with Gasteiger partial charge in [-0.15, -0.1) is 0 Å². The number of ether oxygens (including phenoxy) is 1. The lowest BCUT2D eigenvalue weighted by Crippen LogP contribution is -2.34. The minimum absolute atomic E-state index is 0.101. The van der Waals surface area contributed by atoms with Gasteiger partial charge in [-0.25, -0.2) is 4.68 Å². The number of rotatable bonds is 10. The van der Waals surface area contributed by atoms with Crippen LogP contribution in [0.15, 0.2) is 64.0 Å². The first kappa shape index (κ1) is 21.2. The van der Waals surface area contributed by atoms with Crippen LogP contribution in [0.5, 0.6) is 5.75 Å². The Morgan fingerprint density at radius 1 is 1.17 bits per heavy atom. The Morgan fingerprint density at radius 3 is 2.73 bits per heavy atom. The second-order valence-corrected chi connectivity index (χ2v) is 6.57. The quantitative estimate of drug-likeness (QED) is 0.553. The molecule has 0 spiro atoms. The number of carbonyl (C=O) groups is 1. The first-order valence-electron chi connectivity index (χ1n) is 9.97. The Labute approximate surface area is 175 Å². The van der Waals surface area contributed by atoms with Crippen LogP contribution in [0.2, 0.25) is 0 Å². The van der Waals surface area contributed by atoms with Crippen LogP contribution >= 0.6 is 0 Å². The molecule has 0 unspecified atom stereocenters. The number of aromatic nitrogens is 2. The van der Waals surface area contributed by atoms with Gasteiger partial charge in [0.05, 0.1) is 12.8 Å². The summed E-state index contributed by atoms with van der Waals surface area (Å²) in [7, 11) is 0. The van der Waals surface area contributed by atoms with Crippen molar-refractivity contribution in [1.82, 2.24) is 15.1 Å². The molecule has 1 N–H and O–H groups in total. The first-order chi connectivity index (χ1) is 14.6. The van der Waals surface area contributed by atoms with E-state index in [1.165, 1.54) is 10.7 Å². The molecule has 3 rings (SSSR count). The van der Waals surface area contributed by atoms with Crippen molar-refractivity contribution in [3.63, 3.8) is 0 Å². The summed E-state index contributed by atoms with van der Waals surface area (Å²) in [5.41, 5.74) is 1.37. The number of carbonyl (C=O) groups excluding carboxylic acids is 1. The van der Waals surface area contributed by atoms with Gasteiger partial charge >= 0.3 is 0 Å². The van der Waals surface area contributed by atoms with Crippen LogP contribution in [0.4, 0.5) is 5.69 Å². The van der Waals surface area contributed by atoms with E-state index in [2.05, 4.69) is 29.2 Å². The van der Waals surface area contributed by atoms with Crippen LogP contribution < -0.4 is 20.5 Å². The second-order valence-electron chi connectivity index (χ2n) is 6.57. The van der Waals surface area contributed by atoms with Gasteiger partial charge in [0.15, 0.2) is 12.4 Å². The number of amides is 1. The number of hydrogen-bond acceptors (Lipinski definition) is 6. The van der Waals surface area contributed by atoms with E-state index in [1.54, 1.807) is 24.5 Å². The van der Waals surface area contributed by atoms with Crippen molar-refractivity contribution < 1.29 is 13.9 Å². The number of benzene rings is 1. The normalized spacial score (nSPS) is 10.6. The van der Waals surface area contributed by atoms with E-state index < -0.39 is 0 Å². The van der Waals surface area contributed by atoms with Crippen molar-refractivity contribution in [2.45, 2.75) is 20.4 Å². The predicted octanol–water partition coefficient (Wildman–Crippen LogP) is 2.54. The molecular formula is C22H26N4O4. The minimum atomic E-state index is -0.265. The molecule has 0 bridgehead atoms. The van der Waals surface area contributed by atoms with Crippen LogP contribution in [0.25, 0.3) is 11.5 Å². The van der Waals surface area contributed by atoms with E-state index in [-0.39, 0.29) is 31.2 Å². The SMILES string of the molecule is CCN(CC)c1cccc(OCC(=O)NCCn2nc(-c3ccco3)ccc2=O)c1. The van der Waals surface area contributed by atoms with Gasteiger partial charge < -0.3 is 19.4 Å². The molecule has 0 aliphatic rings. The standard InChI is InChI=1S/C22H26N4O4/c1-3-25(4-2)17-7-5-8-18(15-17)30-16-21(27)23-12-13-26-22(28)11-10-19(24-26)20-9-6-14-29-20/h5-11,14-15H,3-4,12-13,16H2,1-2H3,(H,23,27). The summed E-state index contributed by atoms with van der Waals surface area (Å²) in [5, 5.41) is 7.02. The van der Waals surface area contributed by atoms with E-state index in [0.29, 0.717) is 17.2 Å². The highest BCUT2D eigenvalue weighted by molar-refractivity contribution is 5.77. The Bertz CT molecular complexity index is 1010. The van der Waals surface area contributed by atoms with Crippen molar-refractivity contribution >= 4 is 11.6 Å². The summed E-state index contributed by atoms with van der Waals surface area (Å²) < 4.78 is 12.2. The third kappa shape index (κ3) is 5.50. The van der Waals surface area contributed by atoms with Gasteiger partial charge in [-0.3, -0.25) is 9.59 Å². The summed E-state index contributed by atoms with van der Waals surface area (Å²) in [6.07, 6.45) is 1.55. The molecule has 3 aromatic rings. The Morgan fingerprint density at radius 2 is 2.00 bits per heavy atom. The molecule has 30 heavy (non-hydrogen) atoms. The van der Waals surface area contributed by atoms with Crippen LogP contribution in [0.1, 0.15) is 13.8 Å². The Kier molecular flexibility index (Phi) is 7.26. The summed E-state index contributed by atoms with van der Waals surface area (Å²) in [4.78, 5) is 26.3. The molecule has 158 valence electrons. The van der Waals surface area contributed by atoms with Crippen LogP contribution in [-0.2, 0) is 11.3 Å². The summed E-state index contributed by atoms with van der Waals surface area (Å²) in [5.74, 6) is 0.949. The molecular weight excluding hydrogens is 384 g/mol. The van der Waals surface area contributed by atoms with Gasteiger partial charge in [0.2, 0.25) is 0 Å². The average Bonchev–Trinajstić information content (AvgIpc) is 3.30. The molecule has 2 aromatic heterocycles. The second kappa shape index (κ2) is 10.3. The zero-order chi connectivity index (χ0) is 21.3. The first-order valence-corrected chi connectivity index (χ1v) is 9.97. The molecule has 0 fully saturated rings. The highest BCUT2D eigenvalue weighted by Gasteiger charge is 2.08. The molecule has 1 amide bonds. The highest BCUT2D eigenvalue weighted by atomic mass is 16.5. The zero-order valence-electron chi connectivity index (χ0n) is 17.2. The van der Waals surface area contributed by atoms with E-state index in [9.17, 15) is 9.59 Å². The molecule has 0 radical (unpaired) electrons. The largest absolute Gasteiger partial charge is 0.484 e. The molecule has 0 saturated carbocycles. The topological polar surface area (TPSA) is 89.6 Å². The maximum Gasteiger partial charge on any atom is 0.266 e. The van der Waals surface area contributed by atoms with Gasteiger partial charge in [0, 0.05) is 37.5 Å². The molecule has 0 saturated heterocycles. The van der Waals surface area contributed by atoms with E-state index in [4.69, 9.17) is 9.15 Å². The monoisotopic (exact) mass is 410 g/mol. The van der Waals surface area contributed by atoms with Gasteiger partial charge in [0.1, 0.15) is 11.4 Å². The number of anilines is 1. The number of furan rings is 1. The van der Waals surface area contributed by atoms with Gasteiger partial charge in [-0.2, -0.15) is 5.10 Å². The van der Waals surface area contributed by atoms with E-state index in [1.807, 2.05) is 24.3 Å². The van der Waals surface area contributed by atoms with E-state index >= 15 is 0 Å². The smallest absolute Gasteiger partial charge is 0.266 e. The number of hydrogen-bond donors (Lipinski definition) is 1. The maximum atomic E-state index is 12.1. The van der Waals surface area contributed by atoms with Crippen molar-refractivity contribution in [2.24, 2.45) is 0 Å². The fraction of sp³-hybridized carbons (Fsp3) is 0.318. The number of nitrogens with zero attached hydrogens (tertiary/aromatic N) is 3. The molecule has 8 nitrogen and oxygen atoms in total. The molecule has 1 aromatic carbocycles. The average molecular weight is 410 g/mol. The lowest BCUT2D eigenvalue weighted by Gasteiger charge is -2.21. The van der Waals surface area contributed by atoms with Crippen molar-refractivity contribution in [3.05, 3.63) is 65.1 Å². The fourth-order valence-corrected chi connectivity index (χ4v) is 3.02. The zero-order valence-corrected chi connectivity index (χ0v) is 17.2.